The molecule has 0 aliphatic carbocycles. The molecule has 6 rings (SSSR count). The average molecular weight is 557 g/mol. The number of halogens is 1. The van der Waals surface area contributed by atoms with Gasteiger partial charge in [0.05, 0.1) is 30.7 Å². The van der Waals surface area contributed by atoms with E-state index in [4.69, 9.17) is 5.73 Å². The Morgan fingerprint density at radius 2 is 1.90 bits per heavy atom. The van der Waals surface area contributed by atoms with E-state index in [0.717, 1.165) is 76.4 Å². The Hall–Kier alpha value is -4.35. The first-order valence-corrected chi connectivity index (χ1v) is 13.5. The highest BCUT2D eigenvalue weighted by molar-refractivity contribution is 7.81. The van der Waals surface area contributed by atoms with Gasteiger partial charge in [0.25, 0.3) is 0 Å². The second-order valence-electron chi connectivity index (χ2n) is 9.95. The number of carbonyl (C=O) groups excluding carboxylic acids is 1. The van der Waals surface area contributed by atoms with Crippen molar-refractivity contribution in [2.75, 3.05) is 42.3 Å². The van der Waals surface area contributed by atoms with E-state index in [9.17, 15) is 9.18 Å². The molecule has 2 aromatic carbocycles. The number of fused-ring (bicyclic) bond motifs is 1. The van der Waals surface area contributed by atoms with Crippen LogP contribution in [-0.4, -0.2) is 63.3 Å². The summed E-state index contributed by atoms with van der Waals surface area (Å²) in [6.45, 7) is 3.90. The molecule has 1 aliphatic rings. The first kappa shape index (κ1) is 25.9. The Morgan fingerprint density at radius 3 is 2.67 bits per heavy atom. The van der Waals surface area contributed by atoms with E-state index in [2.05, 4.69) is 66.7 Å². The van der Waals surface area contributed by atoms with Crippen molar-refractivity contribution in [3.8, 4) is 22.3 Å². The molecule has 1 amide bonds. The molecule has 4 N–H and O–H groups in total. The first-order valence-electron chi connectivity index (χ1n) is 13.0. The number of hydrogen-bond acceptors (Lipinski definition) is 7. The smallest absolute Gasteiger partial charge is 0.231 e. The van der Waals surface area contributed by atoms with Crippen LogP contribution < -0.4 is 15.4 Å². The normalized spacial score (nSPS) is 14.1. The van der Waals surface area contributed by atoms with Gasteiger partial charge in [0.1, 0.15) is 11.5 Å². The lowest BCUT2D eigenvalue weighted by Crippen LogP contribution is -2.49. The Labute approximate surface area is 236 Å². The molecular formula is C29H29FN8OS. The summed E-state index contributed by atoms with van der Waals surface area (Å²) in [7, 11) is 0. The van der Waals surface area contributed by atoms with Crippen LogP contribution in [0.1, 0.15) is 5.56 Å². The lowest BCUT2D eigenvalue weighted by Gasteiger charge is -2.36. The third kappa shape index (κ3) is 5.38. The number of amides is 1. The maximum atomic E-state index is 13.6. The van der Waals surface area contributed by atoms with Crippen molar-refractivity contribution in [1.29, 1.82) is 0 Å². The molecule has 0 atom stereocenters. The minimum absolute atomic E-state index is 0.257. The number of thiol groups is 1. The van der Waals surface area contributed by atoms with E-state index < -0.39 is 0 Å². The summed E-state index contributed by atoms with van der Waals surface area (Å²) in [6, 6.07) is 14.9. The molecular weight excluding hydrogens is 527 g/mol. The van der Waals surface area contributed by atoms with E-state index in [1.807, 2.05) is 30.9 Å². The minimum atomic E-state index is -0.302. The van der Waals surface area contributed by atoms with E-state index in [1.165, 1.54) is 12.1 Å². The number of aromatic nitrogens is 4. The highest BCUT2D eigenvalue weighted by Crippen LogP contribution is 2.35. The molecule has 0 radical (unpaired) electrons. The van der Waals surface area contributed by atoms with Crippen LogP contribution in [0, 0.1) is 5.82 Å². The van der Waals surface area contributed by atoms with Crippen LogP contribution in [0.5, 0.6) is 0 Å². The second-order valence-corrected chi connectivity index (χ2v) is 10.2. The zero-order valence-electron chi connectivity index (χ0n) is 21.7. The Morgan fingerprint density at radius 1 is 1.05 bits per heavy atom. The van der Waals surface area contributed by atoms with Gasteiger partial charge in [-0.3, -0.25) is 14.4 Å². The van der Waals surface area contributed by atoms with E-state index in [1.54, 1.807) is 10.7 Å². The van der Waals surface area contributed by atoms with Gasteiger partial charge in [0.2, 0.25) is 5.91 Å². The van der Waals surface area contributed by atoms with E-state index >= 15 is 0 Å². The van der Waals surface area contributed by atoms with Crippen LogP contribution in [0.3, 0.4) is 0 Å². The fraction of sp³-hybridized carbons (Fsp3) is 0.207. The number of primary amides is 1. The number of rotatable bonds is 8. The van der Waals surface area contributed by atoms with Crippen LogP contribution in [0.15, 0.2) is 73.3 Å². The van der Waals surface area contributed by atoms with Crippen LogP contribution in [0.25, 0.3) is 33.3 Å². The molecule has 1 fully saturated rings. The van der Waals surface area contributed by atoms with Gasteiger partial charge in [0.15, 0.2) is 0 Å². The lowest BCUT2D eigenvalue weighted by molar-refractivity contribution is -0.119. The SMILES string of the molecule is NC(=O)CN1CCN(c2ccc(-c3cnc4[nH]cc(-c5cnn(Cc6cccc(F)c6)c5)c4c3)cc2NS)CC1. The summed E-state index contributed by atoms with van der Waals surface area (Å²) in [6.07, 6.45) is 7.57. The fourth-order valence-corrected chi connectivity index (χ4v) is 5.44. The molecule has 4 heterocycles. The molecule has 9 nitrogen and oxygen atoms in total. The van der Waals surface area contributed by atoms with Crippen molar-refractivity contribution in [3.05, 3.63) is 84.7 Å². The van der Waals surface area contributed by atoms with Crippen LogP contribution >= 0.6 is 12.8 Å². The number of nitrogens with zero attached hydrogens (tertiary/aromatic N) is 5. The predicted molar refractivity (Wildman–Crippen MR) is 159 cm³/mol. The summed E-state index contributed by atoms with van der Waals surface area (Å²) in [4.78, 5) is 23.5. The molecule has 0 spiro atoms. The molecule has 11 heteroatoms. The number of pyridine rings is 1. The van der Waals surface area contributed by atoms with Crippen LogP contribution in [0.2, 0.25) is 0 Å². The van der Waals surface area contributed by atoms with Crippen molar-refractivity contribution in [1.82, 2.24) is 24.6 Å². The summed E-state index contributed by atoms with van der Waals surface area (Å²) in [5.41, 5.74) is 12.9. The number of H-pyrrole nitrogens is 1. The van der Waals surface area contributed by atoms with Gasteiger partial charge in [-0.15, -0.1) is 0 Å². The second kappa shape index (κ2) is 11.0. The molecule has 0 unspecified atom stereocenters. The van der Waals surface area contributed by atoms with Gasteiger partial charge in [0, 0.05) is 66.8 Å². The van der Waals surface area contributed by atoms with Crippen molar-refractivity contribution < 1.29 is 9.18 Å². The van der Waals surface area contributed by atoms with Crippen molar-refractivity contribution in [3.63, 3.8) is 0 Å². The average Bonchev–Trinajstić information content (AvgIpc) is 3.59. The van der Waals surface area contributed by atoms with E-state index in [0.29, 0.717) is 6.54 Å². The predicted octanol–water partition coefficient (Wildman–Crippen LogP) is 4.14. The summed E-state index contributed by atoms with van der Waals surface area (Å²) >= 11 is 4.38. The molecule has 204 valence electrons. The number of nitrogens with one attached hydrogen (secondary N) is 2. The summed E-state index contributed by atoms with van der Waals surface area (Å²) < 4.78 is 18.4. The number of aromatic amines is 1. The number of nitrogens with two attached hydrogens (primary N) is 1. The Bertz CT molecular complexity index is 1670. The lowest BCUT2D eigenvalue weighted by atomic mass is 10.0. The molecule has 5 aromatic rings. The largest absolute Gasteiger partial charge is 0.369 e. The topological polar surface area (TPSA) is 108 Å². The Kier molecular flexibility index (Phi) is 7.14. The maximum absolute atomic E-state index is 13.6. The molecule has 1 aliphatic heterocycles. The highest BCUT2D eigenvalue weighted by Gasteiger charge is 2.21. The molecule has 0 saturated carbocycles. The summed E-state index contributed by atoms with van der Waals surface area (Å²) in [5.74, 6) is -0.559. The first-order chi connectivity index (χ1) is 19.5. The van der Waals surface area contributed by atoms with Gasteiger partial charge in [-0.05, 0) is 41.5 Å². The van der Waals surface area contributed by atoms with Gasteiger partial charge >= 0.3 is 0 Å². The number of hydrogen-bond donors (Lipinski definition) is 4. The molecule has 40 heavy (non-hydrogen) atoms. The summed E-state index contributed by atoms with van der Waals surface area (Å²) in [5, 5.41) is 5.48. The zero-order chi connectivity index (χ0) is 27.6. The van der Waals surface area contributed by atoms with Crippen LogP contribution in [0.4, 0.5) is 15.8 Å². The Balaban J connectivity index is 1.24. The maximum Gasteiger partial charge on any atom is 0.231 e. The standard InChI is InChI=1S/C29H29FN8OS/c30-23-3-1-2-19(10-23)16-38-17-22(14-34-38)25-15-33-29-24(25)11-21(13-32-29)20-4-5-27(26(12-20)35-40)37-8-6-36(7-9-37)18-28(31)39/h1-5,10-15,17,35,40H,6-9,16,18H2,(H2,31,39)(H,32,33). The third-order valence-electron chi connectivity index (χ3n) is 7.25. The minimum Gasteiger partial charge on any atom is -0.369 e. The fourth-order valence-electron chi connectivity index (χ4n) is 5.26. The van der Waals surface area contributed by atoms with Gasteiger partial charge < -0.3 is 20.3 Å². The van der Waals surface area contributed by atoms with Crippen molar-refractivity contribution >= 4 is 41.1 Å². The highest BCUT2D eigenvalue weighted by atomic mass is 32.1. The van der Waals surface area contributed by atoms with Crippen molar-refractivity contribution in [2.45, 2.75) is 6.54 Å². The van der Waals surface area contributed by atoms with Crippen molar-refractivity contribution in [2.24, 2.45) is 5.73 Å². The number of piperazine rings is 1. The monoisotopic (exact) mass is 556 g/mol. The molecule has 1 saturated heterocycles. The quantitative estimate of drug-likeness (QED) is 0.214. The number of benzene rings is 2. The van der Waals surface area contributed by atoms with E-state index in [-0.39, 0.29) is 18.3 Å². The number of carbonyl (C=O) groups is 1. The molecule has 3 aromatic heterocycles. The van der Waals surface area contributed by atoms with Gasteiger partial charge in [-0.2, -0.15) is 5.10 Å². The zero-order valence-corrected chi connectivity index (χ0v) is 22.6. The molecule has 0 bridgehead atoms. The third-order valence-corrected chi connectivity index (χ3v) is 7.49. The number of anilines is 2. The van der Waals surface area contributed by atoms with Crippen LogP contribution in [-0.2, 0) is 11.3 Å². The van der Waals surface area contributed by atoms with Gasteiger partial charge in [-0.25, -0.2) is 9.37 Å². The van der Waals surface area contributed by atoms with Gasteiger partial charge in [-0.1, -0.05) is 31.0 Å².